The van der Waals surface area contributed by atoms with Gasteiger partial charge in [-0.05, 0) is 29.2 Å². The number of likely N-dealkylation sites (tertiary alicyclic amines) is 1. The smallest absolute Gasteiger partial charge is 0.339 e. The molecule has 1 fully saturated rings. The van der Waals surface area contributed by atoms with Crippen molar-refractivity contribution >= 4 is 28.5 Å². The maximum absolute atomic E-state index is 14.2. The van der Waals surface area contributed by atoms with Crippen LogP contribution in [-0.2, 0) is 14.4 Å². The number of carbonyl (C=O) groups is 3. The minimum absolute atomic E-state index is 0.0392. The second kappa shape index (κ2) is 15.3. The third-order valence-electron chi connectivity index (χ3n) is 6.05. The molecule has 41 heavy (non-hydrogen) atoms. The summed E-state index contributed by atoms with van der Waals surface area (Å²) < 4.78 is 65.0. The fourth-order valence-electron chi connectivity index (χ4n) is 4.02. The molecule has 3 amide bonds. The molecule has 1 aromatic carbocycles. The number of hydrogen-bond donors (Lipinski definition) is 2. The van der Waals surface area contributed by atoms with Gasteiger partial charge in [0.15, 0.2) is 11.6 Å². The van der Waals surface area contributed by atoms with Gasteiger partial charge in [0.05, 0.1) is 12.6 Å². The summed E-state index contributed by atoms with van der Waals surface area (Å²) in [6.07, 6.45) is -2.88. The summed E-state index contributed by atoms with van der Waals surface area (Å²) in [5.74, 6) is -6.08. The Kier molecular flexibility index (Phi) is 13.1. The van der Waals surface area contributed by atoms with Crippen molar-refractivity contribution in [3.05, 3.63) is 41.7 Å². The molecule has 0 bridgehead atoms. The van der Waals surface area contributed by atoms with E-state index in [-0.39, 0.29) is 28.8 Å². The van der Waals surface area contributed by atoms with Gasteiger partial charge < -0.3 is 15.5 Å². The van der Waals surface area contributed by atoms with Gasteiger partial charge in [-0.3, -0.25) is 19.4 Å². The second-order valence-corrected chi connectivity index (χ2v) is 10.00. The van der Waals surface area contributed by atoms with Gasteiger partial charge in [-0.2, -0.15) is 18.4 Å². The number of pyridine rings is 1. The molecule has 2 aromatic rings. The number of nitrogens with one attached hydrogen (secondary N) is 2. The number of fused-ring (bicyclic) bond motifs is 1. The Morgan fingerprint density at radius 2 is 1.68 bits per heavy atom. The summed E-state index contributed by atoms with van der Waals surface area (Å²) in [6, 6.07) is 1.46. The third-order valence-corrected chi connectivity index (χ3v) is 6.05. The van der Waals surface area contributed by atoms with E-state index in [0.717, 1.165) is 23.1 Å². The highest BCUT2D eigenvalue weighted by molar-refractivity contribution is 5.93. The Morgan fingerprint density at radius 1 is 1.10 bits per heavy atom. The van der Waals surface area contributed by atoms with Crippen LogP contribution in [0.3, 0.4) is 0 Å². The highest BCUT2D eigenvalue weighted by Gasteiger charge is 2.45. The number of rotatable bonds is 5. The van der Waals surface area contributed by atoms with Crippen molar-refractivity contribution in [3.8, 4) is 6.07 Å². The van der Waals surface area contributed by atoms with Gasteiger partial charge in [0, 0.05) is 29.9 Å². The average Bonchev–Trinajstić information content (AvgIpc) is 3.21. The lowest BCUT2D eigenvalue weighted by atomic mass is 9.93. The normalized spacial score (nSPS) is 18.8. The van der Waals surface area contributed by atoms with E-state index < -0.39 is 60.1 Å². The zero-order chi connectivity index (χ0) is 31.7. The van der Waals surface area contributed by atoms with Gasteiger partial charge in [0.2, 0.25) is 11.8 Å². The summed E-state index contributed by atoms with van der Waals surface area (Å²) >= 11 is 0. The summed E-state index contributed by atoms with van der Waals surface area (Å²) in [5.41, 5.74) is 0.0891. The second-order valence-electron chi connectivity index (χ2n) is 10.00. The molecule has 0 radical (unpaired) electrons. The molecular weight excluding hydrogens is 549 g/mol. The molecule has 226 valence electrons. The Bertz CT molecular complexity index is 1260. The van der Waals surface area contributed by atoms with Crippen LogP contribution in [0.5, 0.6) is 0 Å². The number of aromatic nitrogens is 1. The number of halogens is 5. The lowest BCUT2D eigenvalue weighted by Gasteiger charge is -2.27. The number of nitriles is 1. The maximum atomic E-state index is 14.2. The minimum atomic E-state index is -5.17. The summed E-state index contributed by atoms with van der Waals surface area (Å²) in [5, 5.41) is 13.6. The van der Waals surface area contributed by atoms with Crippen LogP contribution in [-0.4, -0.2) is 52.9 Å². The lowest BCUT2D eigenvalue weighted by Crippen LogP contribution is -2.52. The van der Waals surface area contributed by atoms with Crippen LogP contribution >= 0.6 is 0 Å². The van der Waals surface area contributed by atoms with Crippen molar-refractivity contribution in [1.82, 2.24) is 20.5 Å². The van der Waals surface area contributed by atoms with Gasteiger partial charge in [-0.1, -0.05) is 54.5 Å². The lowest BCUT2D eigenvalue weighted by molar-refractivity contribution is -0.174. The Hall–Kier alpha value is -3.82. The van der Waals surface area contributed by atoms with Crippen molar-refractivity contribution in [2.45, 2.75) is 66.7 Å². The Labute approximate surface area is 236 Å². The van der Waals surface area contributed by atoms with Gasteiger partial charge in [0.25, 0.3) is 0 Å². The number of alkyl halides is 3. The standard InChI is InChI=1S/C22H20F5N5O3.C4H10.C2H6/c1-10-9-32(17(33)8-30-21(35)22(25,26)27)19(11(10)2)20(34)31-16(5-28)13-6-29-7-14-12(13)3-4-15(23)18(14)24;1-4(2)3;1-2/h3-4,6-7,10-11,16,19H,8-9H2,1-2H3,(H,30,35)(H,31,34);4H,1-3H3;1-2H3. The van der Waals surface area contributed by atoms with Crippen molar-refractivity contribution in [1.29, 1.82) is 5.26 Å². The quantitative estimate of drug-likeness (QED) is 0.477. The highest BCUT2D eigenvalue weighted by Crippen LogP contribution is 2.31. The van der Waals surface area contributed by atoms with Gasteiger partial charge in [-0.15, -0.1) is 0 Å². The van der Waals surface area contributed by atoms with Crippen molar-refractivity contribution in [2.24, 2.45) is 17.8 Å². The average molecular weight is 586 g/mol. The fourth-order valence-corrected chi connectivity index (χ4v) is 4.02. The first-order chi connectivity index (χ1) is 19.1. The molecule has 0 spiro atoms. The van der Waals surface area contributed by atoms with E-state index in [4.69, 9.17) is 0 Å². The van der Waals surface area contributed by atoms with E-state index in [1.54, 1.807) is 13.8 Å². The first kappa shape index (κ1) is 35.2. The molecule has 13 heteroatoms. The minimum Gasteiger partial charge on any atom is -0.339 e. The van der Waals surface area contributed by atoms with Gasteiger partial charge >= 0.3 is 12.1 Å². The number of carbonyl (C=O) groups excluding carboxylic acids is 3. The number of hydrogen-bond acceptors (Lipinski definition) is 5. The molecule has 0 aliphatic carbocycles. The zero-order valence-corrected chi connectivity index (χ0v) is 24.1. The van der Waals surface area contributed by atoms with E-state index in [1.807, 2.05) is 19.9 Å². The first-order valence-electron chi connectivity index (χ1n) is 13.2. The highest BCUT2D eigenvalue weighted by atomic mass is 19.4. The Balaban J connectivity index is 0.00000129. The van der Waals surface area contributed by atoms with Crippen LogP contribution in [0, 0.1) is 40.7 Å². The van der Waals surface area contributed by atoms with E-state index in [1.165, 1.54) is 17.6 Å². The largest absolute Gasteiger partial charge is 0.471 e. The van der Waals surface area contributed by atoms with Crippen molar-refractivity contribution in [2.75, 3.05) is 13.1 Å². The molecule has 3 rings (SSSR count). The van der Waals surface area contributed by atoms with Gasteiger partial charge in [-0.25, -0.2) is 8.78 Å². The molecule has 8 nitrogen and oxygen atoms in total. The van der Waals surface area contributed by atoms with Crippen LogP contribution in [0.2, 0.25) is 0 Å². The first-order valence-corrected chi connectivity index (χ1v) is 13.2. The van der Waals surface area contributed by atoms with E-state index in [9.17, 15) is 41.6 Å². The molecule has 0 saturated carbocycles. The van der Waals surface area contributed by atoms with Crippen LogP contribution in [0.15, 0.2) is 24.5 Å². The number of amides is 3. The van der Waals surface area contributed by atoms with Crippen LogP contribution < -0.4 is 10.6 Å². The molecule has 4 atom stereocenters. The van der Waals surface area contributed by atoms with E-state index in [2.05, 4.69) is 31.1 Å². The molecule has 4 unspecified atom stereocenters. The summed E-state index contributed by atoms with van der Waals surface area (Å²) in [7, 11) is 0. The molecule has 2 N–H and O–H groups in total. The molecule has 1 aliphatic heterocycles. The molecule has 2 heterocycles. The third kappa shape index (κ3) is 9.09. The summed E-state index contributed by atoms with van der Waals surface area (Å²) in [6.45, 7) is 13.0. The van der Waals surface area contributed by atoms with E-state index in [0.29, 0.717) is 0 Å². The van der Waals surface area contributed by atoms with Crippen molar-refractivity contribution < 1.29 is 36.3 Å². The fraction of sp³-hybridized carbons (Fsp3) is 0.536. The molecule has 1 saturated heterocycles. The number of benzene rings is 1. The Morgan fingerprint density at radius 3 is 2.22 bits per heavy atom. The van der Waals surface area contributed by atoms with Crippen LogP contribution in [0.1, 0.15) is 60.1 Å². The predicted octanol–water partition coefficient (Wildman–Crippen LogP) is 5.04. The summed E-state index contributed by atoms with van der Waals surface area (Å²) in [4.78, 5) is 41.6. The molecule has 1 aromatic heterocycles. The van der Waals surface area contributed by atoms with Crippen LogP contribution in [0.4, 0.5) is 22.0 Å². The van der Waals surface area contributed by atoms with E-state index >= 15 is 0 Å². The number of nitrogens with zero attached hydrogens (tertiary/aromatic N) is 3. The predicted molar refractivity (Wildman–Crippen MR) is 143 cm³/mol. The topological polar surface area (TPSA) is 115 Å². The monoisotopic (exact) mass is 585 g/mol. The molecule has 1 aliphatic rings. The maximum Gasteiger partial charge on any atom is 0.471 e. The SMILES string of the molecule is CC.CC(C)C.CC1CN(C(=O)CNC(=O)C(F)(F)F)C(C(=O)NC(C#N)c2cncc3c(F)c(F)ccc23)C1C. The molecular formula is C28H36F5N5O3. The van der Waals surface area contributed by atoms with Gasteiger partial charge in [0.1, 0.15) is 12.1 Å². The van der Waals surface area contributed by atoms with Crippen LogP contribution in [0.25, 0.3) is 10.8 Å². The zero-order valence-electron chi connectivity index (χ0n) is 24.1. The van der Waals surface area contributed by atoms with Crippen molar-refractivity contribution in [3.63, 3.8) is 0 Å².